The molecule has 1 N–H and O–H groups in total. The van der Waals surface area contributed by atoms with Crippen LogP contribution in [0.3, 0.4) is 0 Å². The van der Waals surface area contributed by atoms with Gasteiger partial charge in [0, 0.05) is 7.21 Å². The van der Waals surface area contributed by atoms with Crippen molar-refractivity contribution in [1.82, 2.24) is 0 Å². The molecule has 0 heterocycles. The van der Waals surface area contributed by atoms with Crippen LogP contribution >= 0.6 is 15.9 Å². The van der Waals surface area contributed by atoms with Crippen LogP contribution in [0.5, 0.6) is 5.75 Å². The number of carboxylic acid groups (broad SMARTS) is 1. The van der Waals surface area contributed by atoms with E-state index in [4.69, 9.17) is 12.6 Å². The number of rotatable bonds is 4. The van der Waals surface area contributed by atoms with Gasteiger partial charge in [0.25, 0.3) is 0 Å². The molecule has 0 fully saturated rings. The second kappa shape index (κ2) is 5.00. The summed E-state index contributed by atoms with van der Waals surface area (Å²) in [5, 5.41) is 8.85. The summed E-state index contributed by atoms with van der Waals surface area (Å²) in [4.78, 5) is 10.8. The Morgan fingerprint density at radius 2 is 2.36 bits per heavy atom. The van der Waals surface area contributed by atoms with E-state index in [1.165, 1.54) is 0 Å². The predicted octanol–water partition coefficient (Wildman–Crippen LogP) is 2.69. The summed E-state index contributed by atoms with van der Waals surface area (Å²) in [6.45, 7) is -0.312. The summed E-state index contributed by atoms with van der Waals surface area (Å²) >= 11 is 3.24. The highest BCUT2D eigenvalue weighted by molar-refractivity contribution is 9.10. The molecular formula is C10H11BrO3. The van der Waals surface area contributed by atoms with Crippen molar-refractivity contribution in [3.05, 3.63) is 28.7 Å². The number of hydrogen-bond acceptors (Lipinski definition) is 2. The van der Waals surface area contributed by atoms with Gasteiger partial charge in [-0.3, -0.25) is 0 Å². The van der Waals surface area contributed by atoms with Crippen LogP contribution in [0.1, 0.15) is 16.0 Å². The van der Waals surface area contributed by atoms with Crippen molar-refractivity contribution in [3.8, 4) is 5.75 Å². The maximum Gasteiger partial charge on any atom is 0.344 e. The van der Waals surface area contributed by atoms with Crippen LogP contribution in [0.2, 0.25) is 0 Å². The predicted molar refractivity (Wildman–Crippen MR) is 56.5 cm³/mol. The molecule has 0 aliphatic heterocycles. The molecule has 4 heteroatoms. The number of carboxylic acids is 1. The summed E-state index contributed by atoms with van der Waals surface area (Å²) in [6, 6.07) is 6.65. The molecular weight excluding hydrogens is 248 g/mol. The van der Waals surface area contributed by atoms with Crippen LogP contribution in [0.15, 0.2) is 28.7 Å². The van der Waals surface area contributed by atoms with Crippen LogP contribution in [0, 0.1) is 0 Å². The zero-order valence-electron chi connectivity index (χ0n) is 9.31. The van der Waals surface area contributed by atoms with E-state index < -0.39 is 18.5 Å². The Kier molecular flexibility index (Phi) is 2.96. The number of ether oxygens (including phenoxy) is 1. The lowest BCUT2D eigenvalue weighted by molar-refractivity contribution is -0.145. The highest BCUT2D eigenvalue weighted by atomic mass is 79.9. The average Bonchev–Trinajstić information content (AvgIpc) is 2.27. The number of hydrogen-bond donors (Lipinski definition) is 1. The van der Waals surface area contributed by atoms with Crippen LogP contribution in [0.25, 0.3) is 0 Å². The minimum absolute atomic E-state index is 0.312. The lowest BCUT2D eigenvalue weighted by atomic mass is 10.3. The topological polar surface area (TPSA) is 46.5 Å². The Hall–Kier alpha value is -1.03. The van der Waals surface area contributed by atoms with Crippen molar-refractivity contribution in [2.24, 2.45) is 0 Å². The van der Waals surface area contributed by atoms with E-state index in [2.05, 4.69) is 15.9 Å². The smallest absolute Gasteiger partial charge is 0.344 e. The quantitative estimate of drug-likeness (QED) is 0.906. The standard InChI is InChI=1S/C10H11BrO3/c1-2-9(10(12)13)14-8-5-3-7(11)4-6-8/h3-6,9H,2H2,1H3,(H,12,13)/t9-/m0/s1/i1D,2D/t2?,9-. The highest BCUT2D eigenvalue weighted by Gasteiger charge is 2.16. The molecule has 1 rings (SSSR count). The molecule has 14 heavy (non-hydrogen) atoms. The van der Waals surface area contributed by atoms with E-state index in [0.29, 0.717) is 5.75 Å². The third kappa shape index (κ3) is 3.03. The lowest BCUT2D eigenvalue weighted by Crippen LogP contribution is -2.25. The molecule has 0 aliphatic rings. The molecule has 1 aromatic carbocycles. The fourth-order valence-corrected chi connectivity index (χ4v) is 1.12. The van der Waals surface area contributed by atoms with Gasteiger partial charge >= 0.3 is 5.97 Å². The van der Waals surface area contributed by atoms with Gasteiger partial charge in [-0.05, 0) is 30.7 Å². The Morgan fingerprint density at radius 3 is 2.86 bits per heavy atom. The summed E-state index contributed by atoms with van der Waals surface area (Å²) in [5.41, 5.74) is 0. The van der Waals surface area contributed by atoms with Crippen LogP contribution in [-0.2, 0) is 4.79 Å². The summed E-state index contributed by atoms with van der Waals surface area (Å²) in [7, 11) is 0. The van der Waals surface area contributed by atoms with Gasteiger partial charge in [0.1, 0.15) is 5.75 Å². The highest BCUT2D eigenvalue weighted by Crippen LogP contribution is 2.17. The first-order valence-corrected chi connectivity index (χ1v) is 4.70. The number of benzene rings is 1. The molecule has 1 aromatic rings. The van der Waals surface area contributed by atoms with E-state index in [9.17, 15) is 4.79 Å². The van der Waals surface area contributed by atoms with E-state index in [-0.39, 0.29) is 6.90 Å². The monoisotopic (exact) mass is 260 g/mol. The Balaban J connectivity index is 2.75. The van der Waals surface area contributed by atoms with Gasteiger partial charge in [-0.2, -0.15) is 0 Å². The third-order valence-corrected chi connectivity index (χ3v) is 2.06. The Bertz CT molecular complexity index is 356. The minimum Gasteiger partial charge on any atom is -0.479 e. The minimum atomic E-state index is -1.31. The second-order valence-electron chi connectivity index (χ2n) is 2.57. The molecule has 0 spiro atoms. The van der Waals surface area contributed by atoms with E-state index in [0.717, 1.165) is 4.47 Å². The SMILES string of the molecule is [2H]CC([2H])[C@H](Oc1ccc(Br)cc1)C(=O)O. The summed E-state index contributed by atoms with van der Waals surface area (Å²) in [6.07, 6.45) is -2.40. The molecule has 0 radical (unpaired) electrons. The number of halogens is 1. The molecule has 0 saturated carbocycles. The Morgan fingerprint density at radius 1 is 1.71 bits per heavy atom. The zero-order chi connectivity index (χ0) is 12.1. The van der Waals surface area contributed by atoms with Gasteiger partial charge in [-0.1, -0.05) is 22.8 Å². The molecule has 0 aliphatic carbocycles. The Labute approximate surface area is 93.6 Å². The van der Waals surface area contributed by atoms with Crippen LogP contribution in [-0.4, -0.2) is 17.2 Å². The van der Waals surface area contributed by atoms with Crippen LogP contribution in [0.4, 0.5) is 0 Å². The van der Waals surface area contributed by atoms with E-state index >= 15 is 0 Å². The second-order valence-corrected chi connectivity index (χ2v) is 3.48. The molecule has 0 saturated heterocycles. The third-order valence-electron chi connectivity index (χ3n) is 1.53. The molecule has 0 bridgehead atoms. The van der Waals surface area contributed by atoms with Crippen molar-refractivity contribution in [2.75, 3.05) is 0 Å². The van der Waals surface area contributed by atoms with Crippen molar-refractivity contribution in [2.45, 2.75) is 19.4 Å². The molecule has 1 unspecified atom stereocenters. The van der Waals surface area contributed by atoms with Crippen LogP contribution < -0.4 is 4.74 Å². The first-order chi connectivity index (χ1) is 7.54. The van der Waals surface area contributed by atoms with Gasteiger partial charge in [0.05, 0.1) is 0 Å². The number of carbonyl (C=O) groups is 1. The van der Waals surface area contributed by atoms with Gasteiger partial charge in [0.15, 0.2) is 6.10 Å². The molecule has 3 nitrogen and oxygen atoms in total. The fourth-order valence-electron chi connectivity index (χ4n) is 0.859. The first-order valence-electron chi connectivity index (χ1n) is 5.19. The molecule has 76 valence electrons. The van der Waals surface area contributed by atoms with Crippen molar-refractivity contribution < 1.29 is 17.4 Å². The molecule has 0 aromatic heterocycles. The average molecular weight is 261 g/mol. The largest absolute Gasteiger partial charge is 0.479 e. The maximum absolute atomic E-state index is 10.8. The first kappa shape index (κ1) is 8.29. The molecule has 2 atom stereocenters. The lowest BCUT2D eigenvalue weighted by Gasteiger charge is -2.12. The summed E-state index contributed by atoms with van der Waals surface area (Å²) in [5.74, 6) is -0.850. The van der Waals surface area contributed by atoms with Crippen molar-refractivity contribution in [1.29, 1.82) is 0 Å². The van der Waals surface area contributed by atoms with E-state index in [1.54, 1.807) is 24.3 Å². The fraction of sp³-hybridized carbons (Fsp3) is 0.300. The van der Waals surface area contributed by atoms with E-state index in [1.807, 2.05) is 0 Å². The number of aliphatic carboxylic acids is 1. The van der Waals surface area contributed by atoms with Crippen molar-refractivity contribution in [3.63, 3.8) is 0 Å². The zero-order valence-corrected chi connectivity index (χ0v) is 8.90. The molecule has 0 amide bonds. The van der Waals surface area contributed by atoms with Gasteiger partial charge < -0.3 is 9.84 Å². The van der Waals surface area contributed by atoms with Crippen molar-refractivity contribution >= 4 is 21.9 Å². The normalized spacial score (nSPS) is 16.4. The maximum atomic E-state index is 10.8. The van der Waals surface area contributed by atoms with Gasteiger partial charge in [-0.25, -0.2) is 4.79 Å². The summed E-state index contributed by atoms with van der Waals surface area (Å²) < 4.78 is 20.4. The van der Waals surface area contributed by atoms with Gasteiger partial charge in [0.2, 0.25) is 0 Å². The van der Waals surface area contributed by atoms with Gasteiger partial charge in [-0.15, -0.1) is 0 Å².